The highest BCUT2D eigenvalue weighted by Gasteiger charge is 2.13. The molecule has 0 aromatic carbocycles. The molecule has 1 fully saturated rings. The molecule has 0 saturated carbocycles. The first-order valence-electron chi connectivity index (χ1n) is 6.29. The molecular weight excluding hydrogens is 246 g/mol. The number of nitrogens with two attached hydrogens (primary N) is 1. The minimum Gasteiger partial charge on any atom is -0.476 e. The molecule has 0 spiro atoms. The van der Waals surface area contributed by atoms with Gasteiger partial charge in [0.05, 0.1) is 5.56 Å². The second-order valence-electron chi connectivity index (χ2n) is 4.57. The van der Waals surface area contributed by atoms with E-state index in [0.29, 0.717) is 17.5 Å². The molecule has 1 aliphatic heterocycles. The molecule has 1 aromatic heterocycles. The molecule has 2 N–H and O–H groups in total. The van der Waals surface area contributed by atoms with Gasteiger partial charge in [0.25, 0.3) is 0 Å². The van der Waals surface area contributed by atoms with Gasteiger partial charge in [-0.15, -0.1) is 0 Å². The lowest BCUT2D eigenvalue weighted by Gasteiger charge is -2.16. The maximum absolute atomic E-state index is 5.72. The summed E-state index contributed by atoms with van der Waals surface area (Å²) in [4.78, 5) is 6.96. The second-order valence-corrected chi connectivity index (χ2v) is 5.01. The van der Waals surface area contributed by atoms with Crippen LogP contribution in [0.5, 0.6) is 5.88 Å². The van der Waals surface area contributed by atoms with Crippen molar-refractivity contribution >= 4 is 17.2 Å². The van der Waals surface area contributed by atoms with Crippen LogP contribution in [0.1, 0.15) is 24.0 Å². The van der Waals surface area contributed by atoms with E-state index >= 15 is 0 Å². The minimum atomic E-state index is 0.344. The number of rotatable bonds is 5. The third-order valence-corrected chi connectivity index (χ3v) is 3.42. The van der Waals surface area contributed by atoms with Crippen LogP contribution in [-0.4, -0.2) is 41.1 Å². The summed E-state index contributed by atoms with van der Waals surface area (Å²) in [5, 5.41) is 0. The number of likely N-dealkylation sites (tertiary alicyclic amines) is 1. The Kier molecular flexibility index (Phi) is 4.49. The summed E-state index contributed by atoms with van der Waals surface area (Å²) in [6.07, 6.45) is 4.31. The van der Waals surface area contributed by atoms with Gasteiger partial charge in [-0.05, 0) is 44.5 Å². The van der Waals surface area contributed by atoms with Crippen LogP contribution in [0.4, 0.5) is 0 Å². The normalized spacial score (nSPS) is 15.8. The van der Waals surface area contributed by atoms with Crippen LogP contribution in [0.25, 0.3) is 0 Å². The summed E-state index contributed by atoms with van der Waals surface area (Å²) in [7, 11) is 0. The van der Waals surface area contributed by atoms with Gasteiger partial charge in [0.1, 0.15) is 11.6 Å². The molecular formula is C13H19N3OS. The molecule has 0 radical (unpaired) electrons. The topological polar surface area (TPSA) is 51.4 Å². The zero-order valence-electron chi connectivity index (χ0n) is 10.7. The fourth-order valence-electron chi connectivity index (χ4n) is 2.22. The van der Waals surface area contributed by atoms with E-state index in [4.69, 9.17) is 22.7 Å². The average Bonchev–Trinajstić information content (AvgIpc) is 2.81. The molecule has 1 aromatic rings. The van der Waals surface area contributed by atoms with Crippen molar-refractivity contribution in [1.82, 2.24) is 9.88 Å². The van der Waals surface area contributed by atoms with E-state index in [-0.39, 0.29) is 0 Å². The van der Waals surface area contributed by atoms with Gasteiger partial charge in [0.2, 0.25) is 5.88 Å². The average molecular weight is 265 g/mol. The second kappa shape index (κ2) is 6.11. The maximum atomic E-state index is 5.72. The number of hydrogen-bond acceptors (Lipinski definition) is 4. The van der Waals surface area contributed by atoms with E-state index in [1.807, 2.05) is 13.0 Å². The molecule has 5 heteroatoms. The largest absolute Gasteiger partial charge is 0.476 e. The fraction of sp³-hybridized carbons (Fsp3) is 0.538. The van der Waals surface area contributed by atoms with Crippen LogP contribution in [0, 0.1) is 6.92 Å². The van der Waals surface area contributed by atoms with Crippen LogP contribution >= 0.6 is 12.2 Å². The Balaban J connectivity index is 1.96. The van der Waals surface area contributed by atoms with Gasteiger partial charge in [0.15, 0.2) is 0 Å². The quantitative estimate of drug-likeness (QED) is 0.818. The maximum Gasteiger partial charge on any atom is 0.224 e. The molecule has 4 nitrogen and oxygen atoms in total. The highest BCUT2D eigenvalue weighted by atomic mass is 32.1. The predicted octanol–water partition coefficient (Wildman–Crippen LogP) is 1.50. The van der Waals surface area contributed by atoms with Gasteiger partial charge in [0, 0.05) is 12.7 Å². The van der Waals surface area contributed by atoms with Crippen molar-refractivity contribution in [3.8, 4) is 5.88 Å². The molecule has 2 heterocycles. The van der Waals surface area contributed by atoms with Crippen molar-refractivity contribution in [1.29, 1.82) is 0 Å². The van der Waals surface area contributed by atoms with Crippen LogP contribution in [0.2, 0.25) is 0 Å². The summed E-state index contributed by atoms with van der Waals surface area (Å²) in [5.41, 5.74) is 7.48. The van der Waals surface area contributed by atoms with Gasteiger partial charge < -0.3 is 10.5 Å². The number of hydrogen-bond donors (Lipinski definition) is 1. The molecule has 0 aliphatic carbocycles. The fourth-order valence-corrected chi connectivity index (χ4v) is 2.47. The molecule has 98 valence electrons. The van der Waals surface area contributed by atoms with Crippen molar-refractivity contribution in [2.24, 2.45) is 5.73 Å². The van der Waals surface area contributed by atoms with Gasteiger partial charge in [-0.25, -0.2) is 4.98 Å². The minimum absolute atomic E-state index is 0.344. The van der Waals surface area contributed by atoms with Crippen molar-refractivity contribution in [3.05, 3.63) is 23.4 Å². The van der Waals surface area contributed by atoms with E-state index in [2.05, 4.69) is 9.88 Å². The van der Waals surface area contributed by atoms with Gasteiger partial charge in [-0.1, -0.05) is 12.2 Å². The van der Waals surface area contributed by atoms with Crippen LogP contribution < -0.4 is 10.5 Å². The molecule has 1 saturated heterocycles. The molecule has 0 unspecified atom stereocenters. The predicted molar refractivity (Wildman–Crippen MR) is 76.0 cm³/mol. The third kappa shape index (κ3) is 3.17. The first kappa shape index (κ1) is 13.2. The number of ether oxygens (including phenoxy) is 1. The highest BCUT2D eigenvalue weighted by Crippen LogP contribution is 2.18. The van der Waals surface area contributed by atoms with E-state index in [0.717, 1.165) is 17.7 Å². The molecule has 0 amide bonds. The standard InChI is InChI=1S/C13H19N3OS/c1-10-4-5-15-13(11(10)12(14)18)17-9-8-16-6-2-3-7-16/h4-5H,2-3,6-9H2,1H3,(H2,14,18). The van der Waals surface area contributed by atoms with Gasteiger partial charge >= 0.3 is 0 Å². The lowest BCUT2D eigenvalue weighted by molar-refractivity contribution is 0.231. The number of aryl methyl sites for hydroxylation is 1. The Hall–Kier alpha value is -1.20. The summed E-state index contributed by atoms with van der Waals surface area (Å²) in [6.45, 7) is 5.88. The third-order valence-electron chi connectivity index (χ3n) is 3.22. The summed E-state index contributed by atoms with van der Waals surface area (Å²) in [6, 6.07) is 1.89. The van der Waals surface area contributed by atoms with Crippen LogP contribution in [0.3, 0.4) is 0 Å². The molecule has 0 atom stereocenters. The Morgan fingerprint density at radius 1 is 1.50 bits per heavy atom. The number of aromatic nitrogens is 1. The zero-order chi connectivity index (χ0) is 13.0. The molecule has 1 aliphatic rings. The summed E-state index contributed by atoms with van der Waals surface area (Å²) in [5.74, 6) is 0.557. The van der Waals surface area contributed by atoms with Crippen molar-refractivity contribution < 1.29 is 4.74 Å². The Labute approximate surface area is 113 Å². The van der Waals surface area contributed by atoms with E-state index in [1.54, 1.807) is 6.20 Å². The first-order valence-corrected chi connectivity index (χ1v) is 6.70. The number of nitrogens with zero attached hydrogens (tertiary/aromatic N) is 2. The van der Waals surface area contributed by atoms with Gasteiger partial charge in [-0.2, -0.15) is 0 Å². The molecule has 18 heavy (non-hydrogen) atoms. The smallest absolute Gasteiger partial charge is 0.224 e. The van der Waals surface area contributed by atoms with Gasteiger partial charge in [-0.3, -0.25) is 4.90 Å². The number of pyridine rings is 1. The SMILES string of the molecule is Cc1ccnc(OCCN2CCCC2)c1C(N)=S. The lowest BCUT2D eigenvalue weighted by atomic mass is 10.1. The summed E-state index contributed by atoms with van der Waals surface area (Å²) >= 11 is 5.04. The van der Waals surface area contributed by atoms with Crippen molar-refractivity contribution in [3.63, 3.8) is 0 Å². The highest BCUT2D eigenvalue weighted by molar-refractivity contribution is 7.80. The van der Waals surface area contributed by atoms with E-state index in [1.165, 1.54) is 25.9 Å². The molecule has 0 bridgehead atoms. The van der Waals surface area contributed by atoms with Crippen LogP contribution in [-0.2, 0) is 0 Å². The Morgan fingerprint density at radius 2 is 2.22 bits per heavy atom. The van der Waals surface area contributed by atoms with Crippen LogP contribution in [0.15, 0.2) is 12.3 Å². The Bertz CT molecular complexity index is 430. The van der Waals surface area contributed by atoms with E-state index < -0.39 is 0 Å². The first-order chi connectivity index (χ1) is 8.68. The summed E-state index contributed by atoms with van der Waals surface area (Å²) < 4.78 is 5.72. The van der Waals surface area contributed by atoms with Crippen molar-refractivity contribution in [2.45, 2.75) is 19.8 Å². The van der Waals surface area contributed by atoms with Crippen molar-refractivity contribution in [2.75, 3.05) is 26.2 Å². The monoisotopic (exact) mass is 265 g/mol. The lowest BCUT2D eigenvalue weighted by Crippen LogP contribution is -2.26. The number of thiocarbonyl (C=S) groups is 1. The zero-order valence-corrected chi connectivity index (χ0v) is 11.5. The molecule has 2 rings (SSSR count). The van der Waals surface area contributed by atoms with E-state index in [9.17, 15) is 0 Å². The Morgan fingerprint density at radius 3 is 2.89 bits per heavy atom.